The second-order valence-electron chi connectivity index (χ2n) is 6.69. The number of carbonyl (C=O) groups excluding carboxylic acids is 1. The van der Waals surface area contributed by atoms with Gasteiger partial charge in [0.15, 0.2) is 0 Å². The van der Waals surface area contributed by atoms with Crippen molar-refractivity contribution in [1.29, 1.82) is 0 Å². The molecule has 0 unspecified atom stereocenters. The Kier molecular flexibility index (Phi) is 5.54. The van der Waals surface area contributed by atoms with Gasteiger partial charge in [-0.25, -0.2) is 13.6 Å². The Morgan fingerprint density at radius 1 is 1.03 bits per heavy atom. The van der Waals surface area contributed by atoms with Gasteiger partial charge in [-0.05, 0) is 56.7 Å². The van der Waals surface area contributed by atoms with Gasteiger partial charge in [-0.1, -0.05) is 23.3 Å². The molecule has 2 heterocycles. The number of nitrogens with two attached hydrogens (primary N) is 1. The minimum absolute atomic E-state index is 0.102. The van der Waals surface area contributed by atoms with Crippen molar-refractivity contribution in [2.75, 3.05) is 31.1 Å². The van der Waals surface area contributed by atoms with E-state index >= 15 is 0 Å². The second-order valence-corrected chi connectivity index (χ2v) is 9.11. The minimum Gasteiger partial charge on any atom is -0.336 e. The van der Waals surface area contributed by atoms with E-state index < -0.39 is 10.0 Å². The van der Waals surface area contributed by atoms with Crippen LogP contribution < -0.4 is 10.0 Å². The topological polar surface area (TPSA) is 127 Å². The monoisotopic (exact) mass is 491 g/mol. The van der Waals surface area contributed by atoms with Crippen LogP contribution >= 0.6 is 15.9 Å². The van der Waals surface area contributed by atoms with E-state index in [-0.39, 0.29) is 16.4 Å². The van der Waals surface area contributed by atoms with Crippen LogP contribution in [0.5, 0.6) is 0 Å². The highest BCUT2D eigenvalue weighted by atomic mass is 79.9. The summed E-state index contributed by atoms with van der Waals surface area (Å²) in [6.45, 7) is 1.94. The maximum atomic E-state index is 13.0. The molecule has 156 valence electrons. The van der Waals surface area contributed by atoms with E-state index in [1.807, 2.05) is 35.2 Å². The van der Waals surface area contributed by atoms with Crippen LogP contribution in [0.2, 0.25) is 0 Å². The van der Waals surface area contributed by atoms with Crippen molar-refractivity contribution in [3.63, 3.8) is 0 Å². The number of sulfonamides is 1. The van der Waals surface area contributed by atoms with Crippen LogP contribution in [0.15, 0.2) is 57.9 Å². The highest BCUT2D eigenvalue weighted by Gasteiger charge is 2.27. The number of halogens is 1. The molecule has 0 atom stereocenters. The number of para-hydroxylation sites is 1. The van der Waals surface area contributed by atoms with Crippen molar-refractivity contribution < 1.29 is 13.2 Å². The highest BCUT2D eigenvalue weighted by Crippen LogP contribution is 2.23. The van der Waals surface area contributed by atoms with E-state index in [4.69, 9.17) is 5.14 Å². The smallest absolute Gasteiger partial charge is 0.255 e. The number of tetrazole rings is 1. The van der Waals surface area contributed by atoms with Crippen LogP contribution in [-0.2, 0) is 10.0 Å². The first-order valence-electron chi connectivity index (χ1n) is 9.05. The number of amides is 1. The Morgan fingerprint density at radius 2 is 1.73 bits per heavy atom. The molecule has 3 aromatic rings. The molecule has 12 heteroatoms. The third kappa shape index (κ3) is 4.06. The maximum Gasteiger partial charge on any atom is 0.255 e. The Morgan fingerprint density at radius 3 is 2.40 bits per heavy atom. The molecular weight excluding hydrogens is 474 g/mol. The third-order valence-electron chi connectivity index (χ3n) is 4.80. The summed E-state index contributed by atoms with van der Waals surface area (Å²) in [6, 6.07) is 13.7. The number of piperazine rings is 1. The van der Waals surface area contributed by atoms with Crippen molar-refractivity contribution in [2.45, 2.75) is 4.90 Å². The lowest BCUT2D eigenvalue weighted by atomic mass is 10.2. The first-order valence-corrected chi connectivity index (χ1v) is 11.4. The van der Waals surface area contributed by atoms with Crippen LogP contribution in [-0.4, -0.2) is 65.6 Å². The van der Waals surface area contributed by atoms with Gasteiger partial charge in [0.1, 0.15) is 0 Å². The molecule has 30 heavy (non-hydrogen) atoms. The summed E-state index contributed by atoms with van der Waals surface area (Å²) in [5.74, 6) is 0.334. The number of benzene rings is 2. The van der Waals surface area contributed by atoms with Crippen molar-refractivity contribution >= 4 is 37.8 Å². The fourth-order valence-electron chi connectivity index (χ4n) is 3.24. The molecule has 0 spiro atoms. The molecule has 1 fully saturated rings. The SMILES string of the molecule is NS(=O)(=O)c1ccc(Br)c(C(=O)N2CCN(c3nnnn3-c3ccccc3)CC2)c1. The zero-order valence-corrected chi connectivity index (χ0v) is 18.1. The van der Waals surface area contributed by atoms with Gasteiger partial charge in [-0.2, -0.15) is 4.68 Å². The summed E-state index contributed by atoms with van der Waals surface area (Å²) < 4.78 is 25.4. The molecule has 1 aliphatic rings. The van der Waals surface area contributed by atoms with Crippen LogP contribution in [0.3, 0.4) is 0 Å². The van der Waals surface area contributed by atoms with Crippen molar-refractivity contribution in [2.24, 2.45) is 5.14 Å². The molecule has 0 bridgehead atoms. The van der Waals surface area contributed by atoms with E-state index in [0.717, 1.165) is 5.69 Å². The standard InChI is InChI=1S/C18H18BrN7O3S/c19-16-7-6-14(30(20,28)29)12-15(16)17(27)24-8-10-25(11-9-24)18-21-22-23-26(18)13-4-2-1-3-5-13/h1-7,12H,8-11H2,(H2,20,28,29). The normalized spacial score (nSPS) is 14.7. The number of anilines is 1. The number of carbonyl (C=O) groups is 1. The van der Waals surface area contributed by atoms with E-state index in [9.17, 15) is 13.2 Å². The summed E-state index contributed by atoms with van der Waals surface area (Å²) >= 11 is 3.32. The van der Waals surface area contributed by atoms with Gasteiger partial charge in [-0.3, -0.25) is 4.79 Å². The van der Waals surface area contributed by atoms with Crippen LogP contribution in [0, 0.1) is 0 Å². The van der Waals surface area contributed by atoms with Gasteiger partial charge in [0.2, 0.25) is 16.0 Å². The largest absolute Gasteiger partial charge is 0.336 e. The lowest BCUT2D eigenvalue weighted by Crippen LogP contribution is -2.49. The number of rotatable bonds is 4. The van der Waals surface area contributed by atoms with Gasteiger partial charge in [0.05, 0.1) is 16.1 Å². The lowest BCUT2D eigenvalue weighted by molar-refractivity contribution is 0.0745. The number of hydrogen-bond donors (Lipinski definition) is 1. The van der Waals surface area contributed by atoms with Gasteiger partial charge in [0, 0.05) is 30.7 Å². The fourth-order valence-corrected chi connectivity index (χ4v) is 4.20. The summed E-state index contributed by atoms with van der Waals surface area (Å²) in [4.78, 5) is 16.5. The molecule has 1 aliphatic heterocycles. The van der Waals surface area contributed by atoms with Crippen LogP contribution in [0.25, 0.3) is 5.69 Å². The van der Waals surface area contributed by atoms with Gasteiger partial charge >= 0.3 is 0 Å². The molecule has 1 amide bonds. The van der Waals surface area contributed by atoms with Crippen molar-refractivity contribution in [3.8, 4) is 5.69 Å². The Bertz CT molecular complexity index is 1180. The Labute approximate surface area is 181 Å². The molecule has 1 aromatic heterocycles. The molecule has 0 aliphatic carbocycles. The van der Waals surface area contributed by atoms with E-state index in [1.165, 1.54) is 18.2 Å². The first-order chi connectivity index (χ1) is 14.3. The number of nitrogens with zero attached hydrogens (tertiary/aromatic N) is 6. The molecule has 4 rings (SSSR count). The minimum atomic E-state index is -3.90. The van der Waals surface area contributed by atoms with Gasteiger partial charge < -0.3 is 9.80 Å². The second kappa shape index (κ2) is 8.13. The highest BCUT2D eigenvalue weighted by molar-refractivity contribution is 9.10. The first kappa shape index (κ1) is 20.4. The number of aromatic nitrogens is 4. The summed E-state index contributed by atoms with van der Waals surface area (Å²) in [5, 5.41) is 17.2. The summed E-state index contributed by atoms with van der Waals surface area (Å²) in [6.07, 6.45) is 0. The zero-order chi connectivity index (χ0) is 21.3. The maximum absolute atomic E-state index is 13.0. The van der Waals surface area contributed by atoms with Crippen LogP contribution in [0.1, 0.15) is 10.4 Å². The molecule has 2 aromatic carbocycles. The van der Waals surface area contributed by atoms with Crippen molar-refractivity contribution in [3.05, 3.63) is 58.6 Å². The van der Waals surface area contributed by atoms with Crippen molar-refractivity contribution in [1.82, 2.24) is 25.1 Å². The molecule has 1 saturated heterocycles. The lowest BCUT2D eigenvalue weighted by Gasteiger charge is -2.35. The van der Waals surface area contributed by atoms with E-state index in [1.54, 1.807) is 9.58 Å². The van der Waals surface area contributed by atoms with E-state index in [2.05, 4.69) is 31.5 Å². The van der Waals surface area contributed by atoms with E-state index in [0.29, 0.717) is 36.6 Å². The Hall–Kier alpha value is -2.83. The molecule has 2 N–H and O–H groups in total. The van der Waals surface area contributed by atoms with Gasteiger partial charge in [-0.15, -0.1) is 0 Å². The molecule has 0 saturated carbocycles. The quantitative estimate of drug-likeness (QED) is 0.577. The molecule has 10 nitrogen and oxygen atoms in total. The third-order valence-corrected chi connectivity index (χ3v) is 6.40. The Balaban J connectivity index is 1.50. The average Bonchev–Trinajstić information content (AvgIpc) is 3.23. The predicted molar refractivity (Wildman–Crippen MR) is 113 cm³/mol. The summed E-state index contributed by atoms with van der Waals surface area (Å²) in [5.41, 5.74) is 1.10. The number of primary sulfonamides is 1. The molecular formula is C18H18BrN7O3S. The fraction of sp³-hybridized carbons (Fsp3) is 0.222. The molecule has 0 radical (unpaired) electrons. The zero-order valence-electron chi connectivity index (χ0n) is 15.7. The number of hydrogen-bond acceptors (Lipinski definition) is 7. The van der Waals surface area contributed by atoms with Gasteiger partial charge in [0.25, 0.3) is 5.91 Å². The predicted octanol–water partition coefficient (Wildman–Crippen LogP) is 1.03. The van der Waals surface area contributed by atoms with Crippen LogP contribution in [0.4, 0.5) is 5.95 Å². The average molecular weight is 492 g/mol. The summed E-state index contributed by atoms with van der Waals surface area (Å²) in [7, 11) is -3.90.